The molecule has 0 radical (unpaired) electrons. The third-order valence-electron chi connectivity index (χ3n) is 3.00. The van der Waals surface area contributed by atoms with Crippen molar-refractivity contribution in [3.05, 3.63) is 34.9 Å². The Morgan fingerprint density at radius 3 is 2.60 bits per heavy atom. The second-order valence-corrected chi connectivity index (χ2v) is 3.99. The van der Waals surface area contributed by atoms with Gasteiger partial charge >= 0.3 is 5.97 Å². The van der Waals surface area contributed by atoms with Crippen molar-refractivity contribution in [1.29, 1.82) is 0 Å². The molecular weight excluding hydrogens is 188 g/mol. The minimum Gasteiger partial charge on any atom is -0.481 e. The molecule has 15 heavy (non-hydrogen) atoms. The van der Waals surface area contributed by atoms with E-state index in [1.54, 1.807) is 0 Å². The van der Waals surface area contributed by atoms with Gasteiger partial charge in [-0.15, -0.1) is 0 Å². The highest BCUT2D eigenvalue weighted by Crippen LogP contribution is 2.27. The molecule has 1 unspecified atom stereocenters. The van der Waals surface area contributed by atoms with Crippen molar-refractivity contribution >= 4 is 5.97 Å². The first kappa shape index (κ1) is 11.8. The van der Waals surface area contributed by atoms with Gasteiger partial charge in [-0.1, -0.05) is 25.1 Å². The van der Waals surface area contributed by atoms with Gasteiger partial charge in [0.1, 0.15) is 0 Å². The van der Waals surface area contributed by atoms with E-state index >= 15 is 0 Å². The number of aryl methyl sites for hydroxylation is 1. The molecule has 1 rings (SSSR count). The van der Waals surface area contributed by atoms with Crippen LogP contribution in [0.4, 0.5) is 0 Å². The van der Waals surface area contributed by atoms with Crippen LogP contribution in [0.15, 0.2) is 18.2 Å². The van der Waals surface area contributed by atoms with Gasteiger partial charge in [-0.2, -0.15) is 0 Å². The number of hydrogen-bond acceptors (Lipinski definition) is 1. The Kier molecular flexibility index (Phi) is 3.89. The van der Waals surface area contributed by atoms with Crippen LogP contribution in [0, 0.1) is 13.8 Å². The summed E-state index contributed by atoms with van der Waals surface area (Å²) in [7, 11) is 0. The summed E-state index contributed by atoms with van der Waals surface area (Å²) in [6.07, 6.45) is 1.09. The molecule has 1 aromatic carbocycles. The summed E-state index contributed by atoms with van der Waals surface area (Å²) < 4.78 is 0. The standard InChI is InChI=1S/C13H18O2/c1-4-11(8-13(14)15)12-7-5-6-9(2)10(12)3/h5-7,11H,4,8H2,1-3H3,(H,14,15). The lowest BCUT2D eigenvalue weighted by Crippen LogP contribution is -2.07. The number of carboxylic acid groups (broad SMARTS) is 1. The molecule has 0 aromatic heterocycles. The molecule has 0 amide bonds. The van der Waals surface area contributed by atoms with E-state index in [9.17, 15) is 4.79 Å². The number of carbonyl (C=O) groups is 1. The zero-order valence-corrected chi connectivity index (χ0v) is 9.58. The van der Waals surface area contributed by atoms with Crippen LogP contribution in [0.2, 0.25) is 0 Å². The van der Waals surface area contributed by atoms with Gasteiger partial charge in [0.2, 0.25) is 0 Å². The molecule has 2 nitrogen and oxygen atoms in total. The maximum atomic E-state index is 10.7. The molecule has 0 aliphatic heterocycles. The fraction of sp³-hybridized carbons (Fsp3) is 0.462. The van der Waals surface area contributed by atoms with E-state index < -0.39 is 5.97 Å². The van der Waals surface area contributed by atoms with Crippen LogP contribution in [0.5, 0.6) is 0 Å². The highest BCUT2D eigenvalue weighted by atomic mass is 16.4. The van der Waals surface area contributed by atoms with E-state index in [0.29, 0.717) is 0 Å². The quantitative estimate of drug-likeness (QED) is 0.820. The van der Waals surface area contributed by atoms with E-state index in [0.717, 1.165) is 6.42 Å². The zero-order valence-electron chi connectivity index (χ0n) is 9.58. The van der Waals surface area contributed by atoms with Crippen LogP contribution < -0.4 is 0 Å². The fourth-order valence-corrected chi connectivity index (χ4v) is 1.90. The smallest absolute Gasteiger partial charge is 0.303 e. The minimum atomic E-state index is -0.720. The Bertz CT molecular complexity index is 356. The SMILES string of the molecule is CCC(CC(=O)O)c1cccc(C)c1C. The largest absolute Gasteiger partial charge is 0.481 e. The number of aliphatic carboxylic acids is 1. The van der Waals surface area contributed by atoms with Gasteiger partial charge in [-0.25, -0.2) is 0 Å². The predicted octanol–water partition coefficient (Wildman–Crippen LogP) is 3.27. The first-order valence-corrected chi connectivity index (χ1v) is 5.34. The lowest BCUT2D eigenvalue weighted by Gasteiger charge is -2.17. The Morgan fingerprint density at radius 2 is 2.07 bits per heavy atom. The Balaban J connectivity index is 3.01. The zero-order chi connectivity index (χ0) is 11.4. The van der Waals surface area contributed by atoms with Gasteiger partial charge in [-0.3, -0.25) is 4.79 Å². The Labute approximate surface area is 90.9 Å². The van der Waals surface area contributed by atoms with Crippen LogP contribution in [0.25, 0.3) is 0 Å². The number of carboxylic acids is 1. The molecule has 0 aliphatic carbocycles. The van der Waals surface area contributed by atoms with Crippen LogP contribution in [0.1, 0.15) is 42.4 Å². The maximum absolute atomic E-state index is 10.7. The average molecular weight is 206 g/mol. The molecule has 0 heterocycles. The van der Waals surface area contributed by atoms with Crippen LogP contribution in [-0.2, 0) is 4.79 Å². The highest BCUT2D eigenvalue weighted by molar-refractivity contribution is 5.68. The van der Waals surface area contributed by atoms with Gasteiger partial charge in [0.25, 0.3) is 0 Å². The molecule has 1 atom stereocenters. The molecule has 82 valence electrons. The summed E-state index contributed by atoms with van der Waals surface area (Å²) in [5.74, 6) is -0.579. The van der Waals surface area contributed by atoms with Crippen molar-refractivity contribution in [2.75, 3.05) is 0 Å². The molecule has 0 saturated heterocycles. The van der Waals surface area contributed by atoms with Crippen LogP contribution in [-0.4, -0.2) is 11.1 Å². The minimum absolute atomic E-state index is 0.141. The van der Waals surface area contributed by atoms with E-state index in [4.69, 9.17) is 5.11 Å². The van der Waals surface area contributed by atoms with Gasteiger partial charge < -0.3 is 5.11 Å². The molecular formula is C13H18O2. The van der Waals surface area contributed by atoms with Crippen molar-refractivity contribution in [3.63, 3.8) is 0 Å². The Morgan fingerprint density at radius 1 is 1.40 bits per heavy atom. The van der Waals surface area contributed by atoms with Gasteiger partial charge in [0.15, 0.2) is 0 Å². The number of hydrogen-bond donors (Lipinski definition) is 1. The van der Waals surface area contributed by atoms with Crippen LogP contribution >= 0.6 is 0 Å². The summed E-state index contributed by atoms with van der Waals surface area (Å²) in [4.78, 5) is 10.7. The van der Waals surface area contributed by atoms with Crippen LogP contribution in [0.3, 0.4) is 0 Å². The lowest BCUT2D eigenvalue weighted by molar-refractivity contribution is -0.137. The van der Waals surface area contributed by atoms with E-state index in [2.05, 4.69) is 19.9 Å². The van der Waals surface area contributed by atoms with Crippen molar-refractivity contribution < 1.29 is 9.90 Å². The molecule has 2 heteroatoms. The third kappa shape index (κ3) is 2.82. The maximum Gasteiger partial charge on any atom is 0.303 e. The fourth-order valence-electron chi connectivity index (χ4n) is 1.90. The van der Waals surface area contributed by atoms with Crippen molar-refractivity contribution in [2.24, 2.45) is 0 Å². The van der Waals surface area contributed by atoms with Crippen molar-refractivity contribution in [2.45, 2.75) is 39.5 Å². The van der Waals surface area contributed by atoms with Gasteiger partial charge in [-0.05, 0) is 42.9 Å². The first-order chi connectivity index (χ1) is 7.06. The lowest BCUT2D eigenvalue weighted by atomic mass is 9.88. The summed E-state index contributed by atoms with van der Waals surface area (Å²) >= 11 is 0. The van der Waals surface area contributed by atoms with E-state index in [-0.39, 0.29) is 12.3 Å². The van der Waals surface area contributed by atoms with Gasteiger partial charge in [0, 0.05) is 0 Å². The summed E-state index contributed by atoms with van der Waals surface area (Å²) in [5, 5.41) is 8.84. The number of rotatable bonds is 4. The average Bonchev–Trinajstić information content (AvgIpc) is 2.19. The van der Waals surface area contributed by atoms with Crippen molar-refractivity contribution in [3.8, 4) is 0 Å². The monoisotopic (exact) mass is 206 g/mol. The molecule has 1 aromatic rings. The van der Waals surface area contributed by atoms with Gasteiger partial charge in [0.05, 0.1) is 6.42 Å². The molecule has 0 bridgehead atoms. The van der Waals surface area contributed by atoms with Crippen molar-refractivity contribution in [1.82, 2.24) is 0 Å². The molecule has 1 N–H and O–H groups in total. The molecule has 0 fully saturated rings. The topological polar surface area (TPSA) is 37.3 Å². The predicted molar refractivity (Wildman–Crippen MR) is 61.2 cm³/mol. The summed E-state index contributed by atoms with van der Waals surface area (Å²) in [5.41, 5.74) is 3.64. The normalized spacial score (nSPS) is 12.5. The van der Waals surface area contributed by atoms with E-state index in [1.807, 2.05) is 19.1 Å². The summed E-state index contributed by atoms with van der Waals surface area (Å²) in [6.45, 7) is 6.16. The highest BCUT2D eigenvalue weighted by Gasteiger charge is 2.15. The Hall–Kier alpha value is -1.31. The second-order valence-electron chi connectivity index (χ2n) is 3.99. The second kappa shape index (κ2) is 4.96. The number of benzene rings is 1. The summed E-state index contributed by atoms with van der Waals surface area (Å²) in [6, 6.07) is 6.11. The third-order valence-corrected chi connectivity index (χ3v) is 3.00. The molecule has 0 aliphatic rings. The van der Waals surface area contributed by atoms with E-state index in [1.165, 1.54) is 16.7 Å². The molecule has 0 saturated carbocycles. The molecule has 0 spiro atoms. The first-order valence-electron chi connectivity index (χ1n) is 5.34.